The van der Waals surface area contributed by atoms with E-state index in [0.717, 1.165) is 52.4 Å². The smallest absolute Gasteiger partial charge is 0.00767 e. The third kappa shape index (κ3) is 15.8. The van der Waals surface area contributed by atoms with Gasteiger partial charge in [-0.3, -0.25) is 0 Å². The largest absolute Gasteiger partial charge is 0.317 e. The monoisotopic (exact) mass is 258 g/mol. The molecule has 0 bridgehead atoms. The second-order valence-electron chi connectivity index (χ2n) is 4.62. The summed E-state index contributed by atoms with van der Waals surface area (Å²) in [6.45, 7) is 13.3. The average Bonchev–Trinajstić information content (AvgIpc) is 2.39. The van der Waals surface area contributed by atoms with Crippen LogP contribution in [0.5, 0.6) is 0 Å². The number of hydrogen-bond acceptors (Lipinski definition) is 4. The van der Waals surface area contributed by atoms with Crippen LogP contribution in [0.25, 0.3) is 0 Å². The average molecular weight is 258 g/mol. The van der Waals surface area contributed by atoms with Crippen molar-refractivity contribution in [2.75, 3.05) is 52.4 Å². The molecule has 0 aliphatic rings. The van der Waals surface area contributed by atoms with E-state index in [1.165, 1.54) is 25.7 Å². The van der Waals surface area contributed by atoms with Gasteiger partial charge in [0.05, 0.1) is 0 Å². The standard InChI is InChI=1S/C14H34N4/c1-3-15-9-5-7-11-17-13-14-18-12-8-6-10-16-4-2/h15-18H,3-14H2,1-2H3. The summed E-state index contributed by atoms with van der Waals surface area (Å²) in [6, 6.07) is 0. The normalized spacial score (nSPS) is 11.0. The molecular weight excluding hydrogens is 224 g/mol. The van der Waals surface area contributed by atoms with Crippen molar-refractivity contribution >= 4 is 0 Å². The van der Waals surface area contributed by atoms with Gasteiger partial charge in [-0.1, -0.05) is 13.8 Å². The molecule has 0 saturated carbocycles. The van der Waals surface area contributed by atoms with Crippen molar-refractivity contribution < 1.29 is 0 Å². The minimum absolute atomic E-state index is 1.09. The maximum atomic E-state index is 3.47. The predicted octanol–water partition coefficient (Wildman–Crippen LogP) is 0.945. The zero-order chi connectivity index (χ0) is 13.3. The lowest BCUT2D eigenvalue weighted by molar-refractivity contribution is 0.553. The molecule has 0 unspecified atom stereocenters. The summed E-state index contributed by atoms with van der Waals surface area (Å²) < 4.78 is 0. The van der Waals surface area contributed by atoms with E-state index in [-0.39, 0.29) is 0 Å². The molecule has 0 rings (SSSR count). The van der Waals surface area contributed by atoms with Crippen LogP contribution in [0.2, 0.25) is 0 Å². The van der Waals surface area contributed by atoms with E-state index in [1.807, 2.05) is 0 Å². The Balaban J connectivity index is 2.86. The van der Waals surface area contributed by atoms with E-state index in [4.69, 9.17) is 0 Å². The van der Waals surface area contributed by atoms with Gasteiger partial charge in [0.1, 0.15) is 0 Å². The summed E-state index contributed by atoms with van der Waals surface area (Å²) in [5.74, 6) is 0. The molecule has 0 spiro atoms. The first-order chi connectivity index (χ1) is 8.91. The van der Waals surface area contributed by atoms with Crippen LogP contribution in [0.1, 0.15) is 39.5 Å². The number of rotatable bonds is 15. The lowest BCUT2D eigenvalue weighted by Gasteiger charge is -2.07. The van der Waals surface area contributed by atoms with Crippen molar-refractivity contribution in [1.29, 1.82) is 0 Å². The molecule has 0 radical (unpaired) electrons. The van der Waals surface area contributed by atoms with Gasteiger partial charge in [-0.25, -0.2) is 0 Å². The molecule has 0 heterocycles. The Morgan fingerprint density at radius 2 is 0.778 bits per heavy atom. The SMILES string of the molecule is CCNCCCCNCCNCCCCNCC. The van der Waals surface area contributed by atoms with Crippen molar-refractivity contribution in [2.45, 2.75) is 39.5 Å². The van der Waals surface area contributed by atoms with E-state index < -0.39 is 0 Å². The molecule has 4 nitrogen and oxygen atoms in total. The molecule has 0 aliphatic carbocycles. The lowest BCUT2D eigenvalue weighted by atomic mass is 10.3. The highest BCUT2D eigenvalue weighted by Gasteiger charge is 1.90. The Morgan fingerprint density at radius 1 is 0.444 bits per heavy atom. The van der Waals surface area contributed by atoms with Crippen LogP contribution < -0.4 is 21.3 Å². The van der Waals surface area contributed by atoms with Gasteiger partial charge >= 0.3 is 0 Å². The first-order valence-corrected chi connectivity index (χ1v) is 7.74. The van der Waals surface area contributed by atoms with Crippen LogP contribution in [0.3, 0.4) is 0 Å². The summed E-state index contributed by atoms with van der Waals surface area (Å²) in [6.07, 6.45) is 5.10. The molecule has 0 aromatic carbocycles. The topological polar surface area (TPSA) is 48.1 Å². The first kappa shape index (κ1) is 17.8. The summed E-state index contributed by atoms with van der Waals surface area (Å²) in [7, 11) is 0. The Bertz CT molecular complexity index is 126. The van der Waals surface area contributed by atoms with Gasteiger partial charge < -0.3 is 21.3 Å². The highest BCUT2D eigenvalue weighted by molar-refractivity contribution is 4.55. The Kier molecular flexibility index (Phi) is 16.7. The third-order valence-electron chi connectivity index (χ3n) is 2.89. The van der Waals surface area contributed by atoms with Gasteiger partial charge in [0.2, 0.25) is 0 Å². The fourth-order valence-electron chi connectivity index (χ4n) is 1.78. The van der Waals surface area contributed by atoms with Crippen molar-refractivity contribution in [3.05, 3.63) is 0 Å². The Labute approximate surface area is 114 Å². The van der Waals surface area contributed by atoms with Crippen LogP contribution in [-0.4, -0.2) is 52.4 Å². The molecule has 0 fully saturated rings. The van der Waals surface area contributed by atoms with Gasteiger partial charge in [0, 0.05) is 13.1 Å². The van der Waals surface area contributed by atoms with Crippen LogP contribution in [0.15, 0.2) is 0 Å². The van der Waals surface area contributed by atoms with Crippen molar-refractivity contribution in [3.63, 3.8) is 0 Å². The summed E-state index contributed by atoms with van der Waals surface area (Å²) in [5, 5.41) is 13.6. The van der Waals surface area contributed by atoms with Gasteiger partial charge in [-0.2, -0.15) is 0 Å². The van der Waals surface area contributed by atoms with E-state index in [9.17, 15) is 0 Å². The maximum Gasteiger partial charge on any atom is 0.00767 e. The molecule has 0 saturated heterocycles. The van der Waals surface area contributed by atoms with E-state index in [2.05, 4.69) is 35.1 Å². The summed E-state index contributed by atoms with van der Waals surface area (Å²) in [5.41, 5.74) is 0. The third-order valence-corrected chi connectivity index (χ3v) is 2.89. The van der Waals surface area contributed by atoms with Gasteiger partial charge in [-0.05, 0) is 65.0 Å². The molecule has 4 N–H and O–H groups in total. The molecule has 0 atom stereocenters. The Morgan fingerprint density at radius 3 is 1.11 bits per heavy atom. The zero-order valence-corrected chi connectivity index (χ0v) is 12.5. The maximum absolute atomic E-state index is 3.47. The van der Waals surface area contributed by atoms with Crippen LogP contribution in [-0.2, 0) is 0 Å². The van der Waals surface area contributed by atoms with Crippen LogP contribution >= 0.6 is 0 Å². The summed E-state index contributed by atoms with van der Waals surface area (Å²) in [4.78, 5) is 0. The predicted molar refractivity (Wildman–Crippen MR) is 81.3 cm³/mol. The minimum atomic E-state index is 1.09. The van der Waals surface area contributed by atoms with E-state index >= 15 is 0 Å². The number of unbranched alkanes of at least 4 members (excludes halogenated alkanes) is 2. The second kappa shape index (κ2) is 16.8. The molecular formula is C14H34N4. The molecule has 0 aliphatic heterocycles. The molecule has 0 amide bonds. The summed E-state index contributed by atoms with van der Waals surface area (Å²) >= 11 is 0. The van der Waals surface area contributed by atoms with Gasteiger partial charge in [-0.15, -0.1) is 0 Å². The lowest BCUT2D eigenvalue weighted by Crippen LogP contribution is -2.29. The highest BCUT2D eigenvalue weighted by atomic mass is 14.9. The van der Waals surface area contributed by atoms with Gasteiger partial charge in [0.25, 0.3) is 0 Å². The highest BCUT2D eigenvalue weighted by Crippen LogP contribution is 1.85. The molecule has 18 heavy (non-hydrogen) atoms. The quantitative estimate of drug-likeness (QED) is 0.330. The van der Waals surface area contributed by atoms with Crippen molar-refractivity contribution in [2.24, 2.45) is 0 Å². The number of hydrogen-bond donors (Lipinski definition) is 4. The minimum Gasteiger partial charge on any atom is -0.317 e. The molecule has 4 heteroatoms. The fourth-order valence-corrected chi connectivity index (χ4v) is 1.78. The van der Waals surface area contributed by atoms with Crippen molar-refractivity contribution in [1.82, 2.24) is 21.3 Å². The van der Waals surface area contributed by atoms with Crippen molar-refractivity contribution in [3.8, 4) is 0 Å². The second-order valence-corrected chi connectivity index (χ2v) is 4.62. The van der Waals surface area contributed by atoms with Crippen LogP contribution in [0.4, 0.5) is 0 Å². The molecule has 0 aromatic heterocycles. The number of nitrogens with one attached hydrogen (secondary N) is 4. The Hall–Kier alpha value is -0.160. The first-order valence-electron chi connectivity index (χ1n) is 7.74. The van der Waals surface area contributed by atoms with E-state index in [1.54, 1.807) is 0 Å². The fraction of sp³-hybridized carbons (Fsp3) is 1.00. The van der Waals surface area contributed by atoms with E-state index in [0.29, 0.717) is 0 Å². The molecule has 110 valence electrons. The molecule has 0 aromatic rings. The zero-order valence-electron chi connectivity index (χ0n) is 12.5. The van der Waals surface area contributed by atoms with Gasteiger partial charge in [0.15, 0.2) is 0 Å². The van der Waals surface area contributed by atoms with Crippen LogP contribution in [0, 0.1) is 0 Å².